The highest BCUT2D eigenvalue weighted by Crippen LogP contribution is 2.14. The SMILES string of the molecule is O=C(NCCCn1cnc2ccccc21)c1ccc(S(=O)(=O)NC[C@H]2CCCO2)cc1. The number of para-hydroxylation sites is 2. The van der Waals surface area contributed by atoms with Gasteiger partial charge in [-0.15, -0.1) is 0 Å². The molecule has 31 heavy (non-hydrogen) atoms. The second kappa shape index (κ2) is 9.59. The Morgan fingerprint density at radius 2 is 1.97 bits per heavy atom. The number of aromatic nitrogens is 2. The molecule has 0 spiro atoms. The van der Waals surface area contributed by atoms with Crippen LogP contribution in [0.15, 0.2) is 59.8 Å². The van der Waals surface area contributed by atoms with E-state index >= 15 is 0 Å². The zero-order chi connectivity index (χ0) is 21.7. The molecule has 1 aromatic heterocycles. The fraction of sp³-hybridized carbons (Fsp3) is 0.364. The molecule has 1 amide bonds. The van der Waals surface area contributed by atoms with Crippen molar-refractivity contribution >= 4 is 27.0 Å². The van der Waals surface area contributed by atoms with Crippen molar-refractivity contribution in [3.8, 4) is 0 Å². The van der Waals surface area contributed by atoms with Gasteiger partial charge < -0.3 is 14.6 Å². The number of rotatable bonds is 9. The standard InChI is InChI=1S/C22H26N4O4S/c27-22(23-12-4-13-26-16-24-20-6-1-2-7-21(20)26)17-8-10-19(11-9-17)31(28,29)25-15-18-5-3-14-30-18/h1-2,6-11,16,18,25H,3-5,12-15H2,(H,23,27)/t18-/m1/s1. The van der Waals surface area contributed by atoms with Crippen molar-refractivity contribution in [1.82, 2.24) is 19.6 Å². The van der Waals surface area contributed by atoms with Crippen molar-refractivity contribution in [2.45, 2.75) is 36.8 Å². The zero-order valence-electron chi connectivity index (χ0n) is 17.2. The first-order valence-electron chi connectivity index (χ1n) is 10.4. The summed E-state index contributed by atoms with van der Waals surface area (Å²) in [7, 11) is -3.62. The Hall–Kier alpha value is -2.75. The Kier molecular flexibility index (Phi) is 6.64. The number of ether oxygens (including phenoxy) is 1. The summed E-state index contributed by atoms with van der Waals surface area (Å²) < 4.78 is 34.9. The third-order valence-corrected chi connectivity index (χ3v) is 6.78. The van der Waals surface area contributed by atoms with Crippen molar-refractivity contribution < 1.29 is 17.9 Å². The van der Waals surface area contributed by atoms with E-state index in [1.807, 2.05) is 24.3 Å². The van der Waals surface area contributed by atoms with Crippen molar-refractivity contribution in [3.05, 3.63) is 60.4 Å². The lowest BCUT2D eigenvalue weighted by molar-refractivity contribution is 0.0952. The van der Waals surface area contributed by atoms with Gasteiger partial charge in [-0.25, -0.2) is 18.1 Å². The number of nitrogens with zero attached hydrogens (tertiary/aromatic N) is 2. The van der Waals surface area contributed by atoms with Gasteiger partial charge >= 0.3 is 0 Å². The third-order valence-electron chi connectivity index (χ3n) is 5.34. The first kappa shape index (κ1) is 21.5. The normalized spacial score (nSPS) is 16.6. The van der Waals surface area contributed by atoms with Crippen LogP contribution in [-0.4, -0.2) is 49.7 Å². The zero-order valence-corrected chi connectivity index (χ0v) is 18.0. The van der Waals surface area contributed by atoms with Gasteiger partial charge in [0.1, 0.15) is 0 Å². The van der Waals surface area contributed by atoms with Gasteiger partial charge in [0, 0.05) is 31.8 Å². The summed E-state index contributed by atoms with van der Waals surface area (Å²) in [6, 6.07) is 13.9. The van der Waals surface area contributed by atoms with E-state index in [9.17, 15) is 13.2 Å². The van der Waals surface area contributed by atoms with Gasteiger partial charge in [-0.3, -0.25) is 4.79 Å². The summed E-state index contributed by atoms with van der Waals surface area (Å²) in [5.41, 5.74) is 2.44. The Morgan fingerprint density at radius 1 is 1.16 bits per heavy atom. The number of nitrogens with one attached hydrogen (secondary N) is 2. The lowest BCUT2D eigenvalue weighted by atomic mass is 10.2. The van der Waals surface area contributed by atoms with E-state index in [4.69, 9.17) is 4.74 Å². The summed E-state index contributed by atoms with van der Waals surface area (Å²) in [5.74, 6) is -0.230. The molecule has 4 rings (SSSR count). The molecular weight excluding hydrogens is 416 g/mol. The number of amides is 1. The molecule has 1 atom stereocenters. The highest BCUT2D eigenvalue weighted by atomic mass is 32.2. The Labute approximate surface area is 181 Å². The number of benzene rings is 2. The number of aryl methyl sites for hydroxylation is 1. The van der Waals surface area contributed by atoms with Crippen LogP contribution in [0.25, 0.3) is 11.0 Å². The molecule has 1 aliphatic heterocycles. The van der Waals surface area contributed by atoms with Gasteiger partial charge in [-0.05, 0) is 55.7 Å². The number of hydrogen-bond donors (Lipinski definition) is 2. The summed E-state index contributed by atoms with van der Waals surface area (Å²) in [6.45, 7) is 2.19. The van der Waals surface area contributed by atoms with Crippen LogP contribution in [0, 0.1) is 0 Å². The van der Waals surface area contributed by atoms with Crippen LogP contribution in [0.2, 0.25) is 0 Å². The highest BCUT2D eigenvalue weighted by Gasteiger charge is 2.20. The molecule has 9 heteroatoms. The first-order valence-corrected chi connectivity index (χ1v) is 11.9. The molecule has 1 fully saturated rings. The van der Waals surface area contributed by atoms with Crippen molar-refractivity contribution in [2.24, 2.45) is 0 Å². The summed E-state index contributed by atoms with van der Waals surface area (Å²) in [4.78, 5) is 16.9. The molecule has 1 aliphatic rings. The smallest absolute Gasteiger partial charge is 0.251 e. The van der Waals surface area contributed by atoms with E-state index in [2.05, 4.69) is 19.6 Å². The molecule has 8 nitrogen and oxygen atoms in total. The molecule has 0 aliphatic carbocycles. The second-order valence-electron chi connectivity index (χ2n) is 7.55. The van der Waals surface area contributed by atoms with Crippen molar-refractivity contribution in [2.75, 3.05) is 19.7 Å². The Morgan fingerprint density at radius 3 is 2.74 bits per heavy atom. The fourth-order valence-corrected chi connectivity index (χ4v) is 4.69. The van der Waals surface area contributed by atoms with Crippen LogP contribution in [0.3, 0.4) is 0 Å². The molecule has 0 saturated carbocycles. The van der Waals surface area contributed by atoms with Crippen LogP contribution < -0.4 is 10.0 Å². The molecule has 2 heterocycles. The predicted molar refractivity (Wildman–Crippen MR) is 117 cm³/mol. The first-order chi connectivity index (χ1) is 15.0. The van der Waals surface area contributed by atoms with E-state index in [1.54, 1.807) is 6.33 Å². The Balaban J connectivity index is 1.26. The maximum Gasteiger partial charge on any atom is 0.251 e. The van der Waals surface area contributed by atoms with E-state index in [-0.39, 0.29) is 23.5 Å². The minimum atomic E-state index is -3.62. The lowest BCUT2D eigenvalue weighted by Crippen LogP contribution is -2.32. The van der Waals surface area contributed by atoms with Gasteiger partial charge in [0.2, 0.25) is 10.0 Å². The fourth-order valence-electron chi connectivity index (χ4n) is 3.62. The van der Waals surface area contributed by atoms with Gasteiger partial charge in [0.05, 0.1) is 28.4 Å². The molecule has 1 saturated heterocycles. The largest absolute Gasteiger partial charge is 0.377 e. The molecule has 0 unspecified atom stereocenters. The molecule has 2 N–H and O–H groups in total. The van der Waals surface area contributed by atoms with Gasteiger partial charge in [-0.1, -0.05) is 12.1 Å². The summed E-state index contributed by atoms with van der Waals surface area (Å²) in [5, 5.41) is 2.88. The van der Waals surface area contributed by atoms with Crippen LogP contribution in [-0.2, 0) is 21.3 Å². The maximum atomic E-state index is 12.4. The molecule has 3 aromatic rings. The molecular formula is C22H26N4O4S. The molecule has 0 radical (unpaired) electrons. The number of imidazole rings is 1. The molecule has 164 valence electrons. The van der Waals surface area contributed by atoms with Gasteiger partial charge in [-0.2, -0.15) is 0 Å². The number of hydrogen-bond acceptors (Lipinski definition) is 5. The second-order valence-corrected chi connectivity index (χ2v) is 9.31. The molecule has 0 bridgehead atoms. The quantitative estimate of drug-likeness (QED) is 0.495. The lowest BCUT2D eigenvalue weighted by Gasteiger charge is -2.12. The monoisotopic (exact) mass is 442 g/mol. The minimum Gasteiger partial charge on any atom is -0.377 e. The van der Waals surface area contributed by atoms with Crippen molar-refractivity contribution in [1.29, 1.82) is 0 Å². The third kappa shape index (κ3) is 5.30. The maximum absolute atomic E-state index is 12.4. The average molecular weight is 443 g/mol. The van der Waals surface area contributed by atoms with Crippen LogP contribution in [0.4, 0.5) is 0 Å². The van der Waals surface area contributed by atoms with Crippen molar-refractivity contribution in [3.63, 3.8) is 0 Å². The van der Waals surface area contributed by atoms with Gasteiger partial charge in [0.15, 0.2) is 0 Å². The van der Waals surface area contributed by atoms with E-state index in [1.165, 1.54) is 24.3 Å². The summed E-state index contributed by atoms with van der Waals surface area (Å²) >= 11 is 0. The topological polar surface area (TPSA) is 102 Å². The predicted octanol–water partition coefficient (Wildman–Crippen LogP) is 2.31. The highest BCUT2D eigenvalue weighted by molar-refractivity contribution is 7.89. The Bertz CT molecular complexity index is 1140. The summed E-state index contributed by atoms with van der Waals surface area (Å²) in [6.07, 6.45) is 4.30. The van der Waals surface area contributed by atoms with Crippen LogP contribution in [0.1, 0.15) is 29.6 Å². The molecule has 2 aromatic carbocycles. The average Bonchev–Trinajstić information content (AvgIpc) is 3.45. The van der Waals surface area contributed by atoms with E-state index < -0.39 is 10.0 Å². The van der Waals surface area contributed by atoms with E-state index in [0.29, 0.717) is 18.7 Å². The van der Waals surface area contributed by atoms with Crippen LogP contribution >= 0.6 is 0 Å². The van der Waals surface area contributed by atoms with Gasteiger partial charge in [0.25, 0.3) is 5.91 Å². The van der Waals surface area contributed by atoms with E-state index in [0.717, 1.165) is 36.8 Å². The number of carbonyl (C=O) groups is 1. The number of carbonyl (C=O) groups excluding carboxylic acids is 1. The number of sulfonamides is 1. The number of fused-ring (bicyclic) bond motifs is 1. The van der Waals surface area contributed by atoms with Crippen LogP contribution in [0.5, 0.6) is 0 Å². The minimum absolute atomic E-state index is 0.0693.